The van der Waals surface area contributed by atoms with Gasteiger partial charge in [0.15, 0.2) is 0 Å². The first-order chi connectivity index (χ1) is 12.8. The molecular formula is C20H24N4O2. The molecule has 1 aromatic carbocycles. The van der Waals surface area contributed by atoms with Crippen molar-refractivity contribution in [2.45, 2.75) is 0 Å². The molecule has 2 aromatic rings. The molecule has 0 unspecified atom stereocenters. The number of hydrogen-bond acceptors (Lipinski definition) is 5. The van der Waals surface area contributed by atoms with Crippen LogP contribution >= 0.6 is 0 Å². The van der Waals surface area contributed by atoms with Crippen molar-refractivity contribution < 1.29 is 9.53 Å². The molecule has 0 aliphatic carbocycles. The fourth-order valence-electron chi connectivity index (χ4n) is 3.52. The third kappa shape index (κ3) is 3.65. The lowest BCUT2D eigenvalue weighted by molar-refractivity contribution is 0.0741. The van der Waals surface area contributed by atoms with E-state index in [9.17, 15) is 4.79 Å². The zero-order valence-electron chi connectivity index (χ0n) is 14.9. The predicted molar refractivity (Wildman–Crippen MR) is 102 cm³/mol. The summed E-state index contributed by atoms with van der Waals surface area (Å²) >= 11 is 0. The number of amides is 1. The van der Waals surface area contributed by atoms with Gasteiger partial charge in [0.2, 0.25) is 0 Å². The van der Waals surface area contributed by atoms with E-state index in [1.54, 1.807) is 6.20 Å². The minimum absolute atomic E-state index is 0.0211. The molecule has 2 saturated heterocycles. The van der Waals surface area contributed by atoms with E-state index in [-0.39, 0.29) is 5.91 Å². The summed E-state index contributed by atoms with van der Waals surface area (Å²) in [6, 6.07) is 14.2. The molecule has 3 heterocycles. The number of anilines is 2. The van der Waals surface area contributed by atoms with Gasteiger partial charge in [0.25, 0.3) is 5.91 Å². The number of ether oxygens (including phenoxy) is 1. The van der Waals surface area contributed by atoms with Crippen LogP contribution in [0.1, 0.15) is 10.5 Å². The molecule has 2 aliphatic rings. The van der Waals surface area contributed by atoms with E-state index in [0.29, 0.717) is 5.69 Å². The summed E-state index contributed by atoms with van der Waals surface area (Å²) in [5.74, 6) is 0.0211. The summed E-state index contributed by atoms with van der Waals surface area (Å²) in [4.78, 5) is 23.7. The Bertz CT molecular complexity index is 738. The maximum Gasteiger partial charge on any atom is 0.272 e. The van der Waals surface area contributed by atoms with Gasteiger partial charge in [0, 0.05) is 56.8 Å². The Morgan fingerprint density at radius 3 is 2.27 bits per heavy atom. The van der Waals surface area contributed by atoms with E-state index in [1.165, 1.54) is 5.69 Å². The van der Waals surface area contributed by atoms with Crippen LogP contribution in [0.4, 0.5) is 11.4 Å². The zero-order valence-corrected chi connectivity index (χ0v) is 14.9. The highest BCUT2D eigenvalue weighted by Crippen LogP contribution is 2.19. The van der Waals surface area contributed by atoms with Gasteiger partial charge in [-0.1, -0.05) is 18.2 Å². The van der Waals surface area contributed by atoms with E-state index < -0.39 is 0 Å². The van der Waals surface area contributed by atoms with Gasteiger partial charge >= 0.3 is 0 Å². The fourth-order valence-corrected chi connectivity index (χ4v) is 3.52. The molecule has 136 valence electrons. The fraction of sp³-hybridized carbons (Fsp3) is 0.400. The summed E-state index contributed by atoms with van der Waals surface area (Å²) in [7, 11) is 0. The van der Waals surface area contributed by atoms with E-state index in [0.717, 1.165) is 58.2 Å². The van der Waals surface area contributed by atoms with E-state index in [2.05, 4.69) is 26.9 Å². The predicted octanol–water partition coefficient (Wildman–Crippen LogP) is 1.88. The van der Waals surface area contributed by atoms with Crippen molar-refractivity contribution in [1.82, 2.24) is 9.88 Å². The van der Waals surface area contributed by atoms with Gasteiger partial charge in [-0.2, -0.15) is 0 Å². The molecule has 0 bridgehead atoms. The molecule has 1 amide bonds. The topological polar surface area (TPSA) is 48.9 Å². The first-order valence-corrected chi connectivity index (χ1v) is 9.19. The number of rotatable bonds is 3. The lowest BCUT2D eigenvalue weighted by Gasteiger charge is -2.36. The molecule has 0 saturated carbocycles. The number of nitrogens with zero attached hydrogens (tertiary/aromatic N) is 4. The molecule has 6 nitrogen and oxygen atoms in total. The number of morpholine rings is 1. The highest BCUT2D eigenvalue weighted by atomic mass is 16.5. The number of carbonyl (C=O) groups is 1. The summed E-state index contributed by atoms with van der Waals surface area (Å²) < 4.78 is 5.40. The lowest BCUT2D eigenvalue weighted by atomic mass is 10.2. The van der Waals surface area contributed by atoms with Crippen LogP contribution in [0.3, 0.4) is 0 Å². The Morgan fingerprint density at radius 1 is 0.846 bits per heavy atom. The molecule has 0 atom stereocenters. The van der Waals surface area contributed by atoms with Gasteiger partial charge in [0.05, 0.1) is 13.2 Å². The number of pyridine rings is 1. The van der Waals surface area contributed by atoms with Crippen LogP contribution in [-0.2, 0) is 4.74 Å². The van der Waals surface area contributed by atoms with Gasteiger partial charge in [0.1, 0.15) is 5.69 Å². The van der Waals surface area contributed by atoms with Crippen molar-refractivity contribution in [2.75, 3.05) is 62.3 Å². The van der Waals surface area contributed by atoms with Crippen LogP contribution in [0.5, 0.6) is 0 Å². The molecule has 1 aromatic heterocycles. The summed E-state index contributed by atoms with van der Waals surface area (Å²) in [6.07, 6.45) is 1.73. The van der Waals surface area contributed by atoms with Crippen molar-refractivity contribution in [3.05, 3.63) is 54.4 Å². The monoisotopic (exact) mass is 352 g/mol. The first kappa shape index (κ1) is 16.8. The van der Waals surface area contributed by atoms with Crippen molar-refractivity contribution in [2.24, 2.45) is 0 Å². The molecule has 6 heteroatoms. The minimum Gasteiger partial charge on any atom is -0.378 e. The highest BCUT2D eigenvalue weighted by Gasteiger charge is 2.24. The van der Waals surface area contributed by atoms with Crippen LogP contribution < -0.4 is 9.80 Å². The summed E-state index contributed by atoms with van der Waals surface area (Å²) in [6.45, 7) is 6.30. The van der Waals surface area contributed by atoms with Crippen molar-refractivity contribution in [1.29, 1.82) is 0 Å². The second-order valence-corrected chi connectivity index (χ2v) is 6.61. The Balaban J connectivity index is 1.40. The maximum atomic E-state index is 12.9. The second-order valence-electron chi connectivity index (χ2n) is 6.61. The van der Waals surface area contributed by atoms with Crippen molar-refractivity contribution >= 4 is 17.3 Å². The van der Waals surface area contributed by atoms with Gasteiger partial charge in [-0.05, 0) is 24.3 Å². The number of piperazine rings is 1. The average molecular weight is 352 g/mol. The minimum atomic E-state index is 0.0211. The summed E-state index contributed by atoms with van der Waals surface area (Å²) in [5.41, 5.74) is 2.80. The van der Waals surface area contributed by atoms with Crippen LogP contribution in [-0.4, -0.2) is 68.3 Å². The molecule has 26 heavy (non-hydrogen) atoms. The summed E-state index contributed by atoms with van der Waals surface area (Å²) in [5, 5.41) is 0. The normalized spacial score (nSPS) is 18.1. The molecule has 2 aliphatic heterocycles. The maximum absolute atomic E-state index is 12.9. The van der Waals surface area contributed by atoms with Gasteiger partial charge in [-0.15, -0.1) is 0 Å². The lowest BCUT2D eigenvalue weighted by Crippen LogP contribution is -2.49. The number of hydrogen-bond donors (Lipinski definition) is 0. The van der Waals surface area contributed by atoms with Gasteiger partial charge in [-0.3, -0.25) is 9.78 Å². The Kier molecular flexibility index (Phi) is 5.02. The molecule has 0 N–H and O–H groups in total. The van der Waals surface area contributed by atoms with Gasteiger partial charge < -0.3 is 19.4 Å². The number of para-hydroxylation sites is 1. The largest absolute Gasteiger partial charge is 0.378 e. The highest BCUT2D eigenvalue weighted by molar-refractivity contribution is 5.93. The Labute approximate surface area is 154 Å². The average Bonchev–Trinajstić information content (AvgIpc) is 2.75. The van der Waals surface area contributed by atoms with Crippen LogP contribution in [0.15, 0.2) is 48.7 Å². The second kappa shape index (κ2) is 7.74. The molecular weight excluding hydrogens is 328 g/mol. The van der Waals surface area contributed by atoms with E-state index in [4.69, 9.17) is 4.74 Å². The standard InChI is InChI=1S/C20H24N4O2/c25-20(19-16-18(6-7-21-19)23-12-14-26-15-13-23)24-10-8-22(9-11-24)17-4-2-1-3-5-17/h1-7,16H,8-15H2. The van der Waals surface area contributed by atoms with E-state index >= 15 is 0 Å². The number of benzene rings is 1. The zero-order chi connectivity index (χ0) is 17.8. The van der Waals surface area contributed by atoms with Crippen LogP contribution in [0.25, 0.3) is 0 Å². The molecule has 0 spiro atoms. The molecule has 2 fully saturated rings. The van der Waals surface area contributed by atoms with E-state index in [1.807, 2.05) is 35.2 Å². The van der Waals surface area contributed by atoms with Crippen LogP contribution in [0.2, 0.25) is 0 Å². The first-order valence-electron chi connectivity index (χ1n) is 9.19. The number of carbonyl (C=O) groups excluding carboxylic acids is 1. The smallest absolute Gasteiger partial charge is 0.272 e. The molecule has 4 rings (SSSR count). The Morgan fingerprint density at radius 2 is 1.54 bits per heavy atom. The number of aromatic nitrogens is 1. The quantitative estimate of drug-likeness (QED) is 0.844. The van der Waals surface area contributed by atoms with Crippen LogP contribution in [0, 0.1) is 0 Å². The Hall–Kier alpha value is -2.60. The van der Waals surface area contributed by atoms with Crippen molar-refractivity contribution in [3.63, 3.8) is 0 Å². The third-order valence-corrected chi connectivity index (χ3v) is 5.03. The third-order valence-electron chi connectivity index (χ3n) is 5.03. The molecule has 0 radical (unpaired) electrons. The van der Waals surface area contributed by atoms with Crippen molar-refractivity contribution in [3.8, 4) is 0 Å². The SMILES string of the molecule is O=C(c1cc(N2CCOCC2)ccn1)N1CCN(c2ccccc2)CC1. The van der Waals surface area contributed by atoms with Gasteiger partial charge in [-0.25, -0.2) is 0 Å².